The molecule has 1 amide bonds. The van der Waals surface area contributed by atoms with Crippen molar-refractivity contribution in [1.82, 2.24) is 14.8 Å². The van der Waals surface area contributed by atoms with Crippen LogP contribution in [0.3, 0.4) is 0 Å². The number of amides is 1. The summed E-state index contributed by atoms with van der Waals surface area (Å²) in [6, 6.07) is 11.7. The number of benzene rings is 2. The van der Waals surface area contributed by atoms with E-state index in [0.717, 1.165) is 0 Å². The second-order valence-electron chi connectivity index (χ2n) is 7.24. The molecule has 0 bridgehead atoms. The van der Waals surface area contributed by atoms with Crippen molar-refractivity contribution in [3.05, 3.63) is 57.3 Å². The van der Waals surface area contributed by atoms with Gasteiger partial charge >= 0.3 is 5.97 Å². The minimum atomic E-state index is -1.80. The van der Waals surface area contributed by atoms with Gasteiger partial charge in [-0.2, -0.15) is 10.1 Å². The average Bonchev–Trinajstić information content (AvgIpc) is 3.12. The van der Waals surface area contributed by atoms with Gasteiger partial charge in [-0.1, -0.05) is 15.9 Å². The Morgan fingerprint density at radius 2 is 1.94 bits per heavy atom. The number of aliphatic carboxylic acids is 1. The van der Waals surface area contributed by atoms with Crippen molar-refractivity contribution in [2.24, 2.45) is 0 Å². The van der Waals surface area contributed by atoms with E-state index >= 15 is 0 Å². The number of nitrogens with zero attached hydrogens (tertiary/aromatic N) is 4. The molecule has 3 heterocycles. The molecule has 3 aromatic rings. The van der Waals surface area contributed by atoms with Gasteiger partial charge < -0.3 is 9.84 Å². The third-order valence-electron chi connectivity index (χ3n) is 5.61. The summed E-state index contributed by atoms with van der Waals surface area (Å²) in [7, 11) is 1.53. The minimum Gasteiger partial charge on any atom is -0.497 e. The summed E-state index contributed by atoms with van der Waals surface area (Å²) in [5, 5.41) is 14.7. The number of carboxylic acid groups (broad SMARTS) is 1. The zero-order chi connectivity index (χ0) is 21.9. The van der Waals surface area contributed by atoms with Crippen LogP contribution < -0.4 is 15.2 Å². The van der Waals surface area contributed by atoms with E-state index in [1.165, 1.54) is 16.7 Å². The van der Waals surface area contributed by atoms with Gasteiger partial charge in [-0.3, -0.25) is 14.5 Å². The first kappa shape index (κ1) is 19.4. The SMILES string of the molecule is COc1ccc(-c2nn3c(nc2=O)-c2cc(Br)ccc2N2C(=O)CC[C@]23C(=O)O)cc1. The number of halogens is 1. The molecule has 1 N–H and O–H groups in total. The zero-order valence-corrected chi connectivity index (χ0v) is 17.8. The molecule has 9 nitrogen and oxygen atoms in total. The van der Waals surface area contributed by atoms with Crippen LogP contribution in [-0.4, -0.2) is 38.9 Å². The fourth-order valence-corrected chi connectivity index (χ4v) is 4.53. The van der Waals surface area contributed by atoms with E-state index in [1.54, 1.807) is 42.5 Å². The lowest BCUT2D eigenvalue weighted by molar-refractivity contribution is -0.148. The smallest absolute Gasteiger partial charge is 0.353 e. The van der Waals surface area contributed by atoms with E-state index in [4.69, 9.17) is 4.74 Å². The van der Waals surface area contributed by atoms with Gasteiger partial charge in [0.05, 0.1) is 12.8 Å². The number of methoxy groups -OCH3 is 1. The Balaban J connectivity index is 1.84. The van der Waals surface area contributed by atoms with Crippen molar-refractivity contribution < 1.29 is 19.4 Å². The molecule has 0 saturated carbocycles. The maximum Gasteiger partial charge on any atom is 0.353 e. The number of fused-ring (bicyclic) bond motifs is 6. The maximum atomic E-state index is 12.9. The summed E-state index contributed by atoms with van der Waals surface area (Å²) in [4.78, 5) is 43.7. The van der Waals surface area contributed by atoms with Crippen LogP contribution in [-0.2, 0) is 15.3 Å². The largest absolute Gasteiger partial charge is 0.497 e. The summed E-state index contributed by atoms with van der Waals surface area (Å²) >= 11 is 3.39. The van der Waals surface area contributed by atoms with Gasteiger partial charge in [0.2, 0.25) is 11.6 Å². The van der Waals surface area contributed by atoms with Crippen LogP contribution in [0.1, 0.15) is 12.8 Å². The van der Waals surface area contributed by atoms with Crippen LogP contribution in [0.2, 0.25) is 0 Å². The number of rotatable bonds is 3. The molecule has 1 atom stereocenters. The number of aromatic nitrogens is 3. The van der Waals surface area contributed by atoms with Gasteiger partial charge in [0.1, 0.15) is 5.75 Å². The molecule has 1 aromatic heterocycles. The third-order valence-corrected chi connectivity index (χ3v) is 6.11. The molecule has 10 heteroatoms. The van der Waals surface area contributed by atoms with Gasteiger partial charge in [-0.15, -0.1) is 0 Å². The second kappa shape index (κ2) is 6.74. The first-order valence-electron chi connectivity index (χ1n) is 9.39. The maximum absolute atomic E-state index is 12.9. The zero-order valence-electron chi connectivity index (χ0n) is 16.2. The first-order chi connectivity index (χ1) is 14.9. The van der Waals surface area contributed by atoms with E-state index in [9.17, 15) is 19.5 Å². The molecule has 0 unspecified atom stereocenters. The molecule has 0 spiro atoms. The Bertz CT molecular complexity index is 1320. The predicted molar refractivity (Wildman–Crippen MR) is 114 cm³/mol. The highest BCUT2D eigenvalue weighted by Crippen LogP contribution is 2.48. The minimum absolute atomic E-state index is 0.00325. The molecule has 2 aliphatic rings. The van der Waals surface area contributed by atoms with Crippen molar-refractivity contribution in [1.29, 1.82) is 0 Å². The van der Waals surface area contributed by atoms with Gasteiger partial charge in [0.15, 0.2) is 11.5 Å². The molecule has 0 aliphatic carbocycles. The topological polar surface area (TPSA) is 115 Å². The Hall–Kier alpha value is -3.53. The predicted octanol–water partition coefficient (Wildman–Crippen LogP) is 2.62. The quantitative estimate of drug-likeness (QED) is 0.609. The van der Waals surface area contributed by atoms with Crippen molar-refractivity contribution in [3.8, 4) is 28.4 Å². The number of hydrogen-bond acceptors (Lipinski definition) is 6. The number of carbonyl (C=O) groups excluding carboxylic acids is 1. The third kappa shape index (κ3) is 2.64. The molecular weight excluding hydrogens is 468 g/mol. The molecule has 5 rings (SSSR count). The van der Waals surface area contributed by atoms with Crippen LogP contribution in [0.4, 0.5) is 5.69 Å². The van der Waals surface area contributed by atoms with Crippen LogP contribution in [0, 0.1) is 0 Å². The van der Waals surface area contributed by atoms with Crippen LogP contribution >= 0.6 is 15.9 Å². The average molecular weight is 483 g/mol. The number of hydrogen-bond donors (Lipinski definition) is 1. The Morgan fingerprint density at radius 1 is 1.19 bits per heavy atom. The van der Waals surface area contributed by atoms with E-state index < -0.39 is 17.2 Å². The summed E-state index contributed by atoms with van der Waals surface area (Å²) in [6.07, 6.45) is 0.0379. The Morgan fingerprint density at radius 3 is 2.61 bits per heavy atom. The molecule has 2 aromatic carbocycles. The fraction of sp³-hybridized carbons (Fsp3) is 0.190. The van der Waals surface area contributed by atoms with E-state index in [2.05, 4.69) is 26.0 Å². The molecule has 2 aliphatic heterocycles. The van der Waals surface area contributed by atoms with Gasteiger partial charge in [-0.25, -0.2) is 9.48 Å². The number of carbonyl (C=O) groups is 2. The van der Waals surface area contributed by atoms with Crippen molar-refractivity contribution in [2.75, 3.05) is 12.0 Å². The Labute approximate surface area is 184 Å². The van der Waals surface area contributed by atoms with Gasteiger partial charge in [0, 0.05) is 28.4 Å². The van der Waals surface area contributed by atoms with E-state index in [0.29, 0.717) is 27.0 Å². The lowest BCUT2D eigenvalue weighted by Gasteiger charge is -2.41. The molecule has 1 saturated heterocycles. The molecular formula is C21H15BrN4O5. The molecule has 1 fully saturated rings. The van der Waals surface area contributed by atoms with Crippen LogP contribution in [0.25, 0.3) is 22.6 Å². The lowest BCUT2D eigenvalue weighted by Crippen LogP contribution is -2.58. The van der Waals surface area contributed by atoms with E-state index in [-0.39, 0.29) is 30.3 Å². The highest BCUT2D eigenvalue weighted by Gasteiger charge is 2.58. The van der Waals surface area contributed by atoms with Crippen LogP contribution in [0.5, 0.6) is 5.75 Å². The van der Waals surface area contributed by atoms with Gasteiger partial charge in [-0.05, 0) is 42.5 Å². The van der Waals surface area contributed by atoms with Crippen molar-refractivity contribution in [2.45, 2.75) is 18.5 Å². The van der Waals surface area contributed by atoms with Crippen LogP contribution in [0.15, 0.2) is 51.7 Å². The van der Waals surface area contributed by atoms with E-state index in [1.807, 2.05) is 0 Å². The summed E-state index contributed by atoms with van der Waals surface area (Å²) in [5.41, 5.74) is -1.10. The molecule has 31 heavy (non-hydrogen) atoms. The monoisotopic (exact) mass is 482 g/mol. The number of anilines is 1. The summed E-state index contributed by atoms with van der Waals surface area (Å²) in [6.45, 7) is 0. The second-order valence-corrected chi connectivity index (χ2v) is 8.16. The molecule has 156 valence electrons. The first-order valence-corrected chi connectivity index (χ1v) is 10.2. The van der Waals surface area contributed by atoms with Gasteiger partial charge in [0.25, 0.3) is 5.56 Å². The molecule has 0 radical (unpaired) electrons. The van der Waals surface area contributed by atoms with Crippen molar-refractivity contribution >= 4 is 33.5 Å². The van der Waals surface area contributed by atoms with Crippen molar-refractivity contribution in [3.63, 3.8) is 0 Å². The summed E-state index contributed by atoms with van der Waals surface area (Å²) < 4.78 is 7.05. The standard InChI is InChI=1S/C21H15BrN4O5/c1-31-13-5-2-11(3-6-13)17-19(28)23-18-14-10-12(22)4-7-15(14)25-16(27)8-9-21(25,20(29)30)26(18)24-17/h2-7,10H,8-9H2,1H3,(H,29,30)/t21-/m0/s1. The normalized spacial score (nSPS) is 18.9. The highest BCUT2D eigenvalue weighted by atomic mass is 79.9. The fourth-order valence-electron chi connectivity index (χ4n) is 4.17. The Kier molecular flexibility index (Phi) is 4.23. The highest BCUT2D eigenvalue weighted by molar-refractivity contribution is 9.10. The number of ether oxygens (including phenoxy) is 1. The number of carboxylic acids is 1. The lowest BCUT2D eigenvalue weighted by atomic mass is 10.00. The summed E-state index contributed by atoms with van der Waals surface area (Å²) in [5.74, 6) is -0.870.